The Hall–Kier alpha value is -0.130. The molecule has 5 heteroatoms. The number of hydrogen-bond acceptors (Lipinski definition) is 4. The Morgan fingerprint density at radius 3 is 2.39 bits per heavy atom. The summed E-state index contributed by atoms with van der Waals surface area (Å²) in [6, 6.07) is 0. The average molecular weight is 278 g/mol. The van der Waals surface area contributed by atoms with Gasteiger partial charge in [-0.2, -0.15) is 0 Å². The van der Waals surface area contributed by atoms with Gasteiger partial charge in [0.15, 0.2) is 0 Å². The predicted molar refractivity (Wildman–Crippen MR) is 72.2 cm³/mol. The van der Waals surface area contributed by atoms with E-state index >= 15 is 0 Å². The van der Waals surface area contributed by atoms with Gasteiger partial charge in [0, 0.05) is 5.75 Å². The molecule has 1 fully saturated rings. The second-order valence-electron chi connectivity index (χ2n) is 5.68. The second kappa shape index (κ2) is 6.35. The van der Waals surface area contributed by atoms with E-state index in [9.17, 15) is 18.6 Å². The van der Waals surface area contributed by atoms with Crippen molar-refractivity contribution in [3.8, 4) is 0 Å². The molecule has 0 amide bonds. The number of aliphatic hydroxyl groups excluding tert-OH is 1. The van der Waals surface area contributed by atoms with Crippen molar-refractivity contribution in [1.29, 1.82) is 0 Å². The summed E-state index contributed by atoms with van der Waals surface area (Å²) in [5, 5.41) is 20.4. The highest BCUT2D eigenvalue weighted by Gasteiger charge is 2.38. The highest BCUT2D eigenvalue weighted by Crippen LogP contribution is 2.35. The number of rotatable bonds is 6. The van der Waals surface area contributed by atoms with Crippen LogP contribution in [0.5, 0.6) is 0 Å². The molecule has 1 rings (SSSR count). The van der Waals surface area contributed by atoms with Gasteiger partial charge in [-0.05, 0) is 44.4 Å². The fraction of sp³-hybridized carbons (Fsp3) is 1.00. The van der Waals surface area contributed by atoms with Crippen LogP contribution in [0.1, 0.15) is 52.4 Å². The topological polar surface area (TPSA) is 74.6 Å². The molecule has 0 spiro atoms. The third-order valence-electron chi connectivity index (χ3n) is 4.13. The maximum atomic E-state index is 11.3. The standard InChI is InChI=1S/C13H26O4S/c1-3-18(16,17)10-4-5-12(14)13(15)8-6-11(2)7-9-13/h11-12,14-15H,3-10H2,1-2H3. The molecule has 18 heavy (non-hydrogen) atoms. The van der Waals surface area contributed by atoms with Crippen molar-refractivity contribution in [1.82, 2.24) is 0 Å². The zero-order valence-corrected chi connectivity index (χ0v) is 12.2. The Morgan fingerprint density at radius 1 is 1.33 bits per heavy atom. The molecule has 1 unspecified atom stereocenters. The van der Waals surface area contributed by atoms with Crippen LogP contribution >= 0.6 is 0 Å². The van der Waals surface area contributed by atoms with Crippen molar-refractivity contribution >= 4 is 9.84 Å². The van der Waals surface area contributed by atoms with Crippen LogP contribution in [-0.4, -0.2) is 41.8 Å². The molecule has 0 heterocycles. The minimum atomic E-state index is -2.97. The van der Waals surface area contributed by atoms with Gasteiger partial charge in [0.05, 0.1) is 17.5 Å². The monoisotopic (exact) mass is 278 g/mol. The molecule has 0 saturated heterocycles. The Morgan fingerprint density at radius 2 is 1.89 bits per heavy atom. The molecular weight excluding hydrogens is 252 g/mol. The lowest BCUT2D eigenvalue weighted by Crippen LogP contribution is -2.45. The Labute approximate surface area is 110 Å². The summed E-state index contributed by atoms with van der Waals surface area (Å²) in [6.07, 6.45) is 3.10. The second-order valence-corrected chi connectivity index (χ2v) is 8.15. The third-order valence-corrected chi connectivity index (χ3v) is 5.92. The molecule has 1 aliphatic carbocycles. The van der Waals surface area contributed by atoms with Crippen molar-refractivity contribution in [2.24, 2.45) is 5.92 Å². The van der Waals surface area contributed by atoms with Gasteiger partial charge in [-0.3, -0.25) is 0 Å². The van der Waals surface area contributed by atoms with Crippen molar-refractivity contribution < 1.29 is 18.6 Å². The van der Waals surface area contributed by atoms with Crippen LogP contribution in [0.25, 0.3) is 0 Å². The normalized spacial score (nSPS) is 31.2. The van der Waals surface area contributed by atoms with E-state index in [4.69, 9.17) is 0 Å². The summed E-state index contributed by atoms with van der Waals surface area (Å²) in [4.78, 5) is 0. The summed E-state index contributed by atoms with van der Waals surface area (Å²) >= 11 is 0. The largest absolute Gasteiger partial charge is 0.390 e. The van der Waals surface area contributed by atoms with Gasteiger partial charge in [-0.15, -0.1) is 0 Å². The van der Waals surface area contributed by atoms with E-state index in [0.717, 1.165) is 12.8 Å². The van der Waals surface area contributed by atoms with E-state index in [2.05, 4.69) is 6.92 Å². The first-order valence-corrected chi connectivity index (χ1v) is 8.72. The SMILES string of the molecule is CCS(=O)(=O)CCCC(O)C1(O)CCC(C)CC1. The maximum absolute atomic E-state index is 11.3. The molecule has 0 radical (unpaired) electrons. The summed E-state index contributed by atoms with van der Waals surface area (Å²) in [6.45, 7) is 3.78. The minimum Gasteiger partial charge on any atom is -0.390 e. The number of aliphatic hydroxyl groups is 2. The van der Waals surface area contributed by atoms with Crippen LogP contribution in [-0.2, 0) is 9.84 Å². The van der Waals surface area contributed by atoms with Crippen molar-refractivity contribution in [2.45, 2.75) is 64.1 Å². The van der Waals surface area contributed by atoms with Gasteiger partial charge < -0.3 is 10.2 Å². The van der Waals surface area contributed by atoms with Crippen LogP contribution in [0.2, 0.25) is 0 Å². The molecule has 0 aliphatic heterocycles. The number of hydrogen-bond donors (Lipinski definition) is 2. The quantitative estimate of drug-likeness (QED) is 0.772. The zero-order chi connectivity index (χ0) is 13.8. The lowest BCUT2D eigenvalue weighted by atomic mass is 9.75. The predicted octanol–water partition coefficient (Wildman–Crippen LogP) is 1.50. The van der Waals surface area contributed by atoms with Gasteiger partial charge in [0.25, 0.3) is 0 Å². The molecule has 2 N–H and O–H groups in total. The van der Waals surface area contributed by atoms with Crippen LogP contribution < -0.4 is 0 Å². The highest BCUT2D eigenvalue weighted by molar-refractivity contribution is 7.91. The van der Waals surface area contributed by atoms with Crippen molar-refractivity contribution in [2.75, 3.05) is 11.5 Å². The molecule has 0 bridgehead atoms. The summed E-state index contributed by atoms with van der Waals surface area (Å²) < 4.78 is 22.7. The van der Waals surface area contributed by atoms with Gasteiger partial charge in [0.1, 0.15) is 9.84 Å². The van der Waals surface area contributed by atoms with Crippen molar-refractivity contribution in [3.63, 3.8) is 0 Å². The van der Waals surface area contributed by atoms with Crippen LogP contribution in [0.4, 0.5) is 0 Å². The lowest BCUT2D eigenvalue weighted by molar-refractivity contribution is -0.105. The maximum Gasteiger partial charge on any atom is 0.150 e. The van der Waals surface area contributed by atoms with Gasteiger partial charge >= 0.3 is 0 Å². The molecule has 1 aliphatic rings. The van der Waals surface area contributed by atoms with Crippen LogP contribution in [0, 0.1) is 5.92 Å². The Balaban J connectivity index is 2.38. The third kappa shape index (κ3) is 4.52. The Bertz CT molecular complexity index is 342. The van der Waals surface area contributed by atoms with E-state index in [0.29, 0.717) is 31.6 Å². The zero-order valence-electron chi connectivity index (χ0n) is 11.4. The molecular formula is C13H26O4S. The van der Waals surface area contributed by atoms with E-state index in [1.54, 1.807) is 6.92 Å². The first-order valence-electron chi connectivity index (χ1n) is 6.90. The van der Waals surface area contributed by atoms with Crippen LogP contribution in [0.15, 0.2) is 0 Å². The minimum absolute atomic E-state index is 0.104. The van der Waals surface area contributed by atoms with E-state index in [1.807, 2.05) is 0 Å². The first-order chi connectivity index (χ1) is 8.29. The highest BCUT2D eigenvalue weighted by atomic mass is 32.2. The Kier molecular flexibility index (Phi) is 5.62. The number of sulfone groups is 1. The van der Waals surface area contributed by atoms with Crippen molar-refractivity contribution in [3.05, 3.63) is 0 Å². The van der Waals surface area contributed by atoms with E-state index in [1.165, 1.54) is 0 Å². The van der Waals surface area contributed by atoms with Gasteiger partial charge in [-0.1, -0.05) is 13.8 Å². The molecule has 0 aromatic carbocycles. The summed E-state index contributed by atoms with van der Waals surface area (Å²) in [5.41, 5.74) is -0.998. The summed E-state index contributed by atoms with van der Waals surface area (Å²) in [7, 11) is -2.97. The van der Waals surface area contributed by atoms with Gasteiger partial charge in [0.2, 0.25) is 0 Å². The van der Waals surface area contributed by atoms with Gasteiger partial charge in [-0.25, -0.2) is 8.42 Å². The summed E-state index contributed by atoms with van der Waals surface area (Å²) in [5.74, 6) is 0.857. The average Bonchev–Trinajstić information content (AvgIpc) is 2.33. The molecule has 1 saturated carbocycles. The molecule has 4 nitrogen and oxygen atoms in total. The lowest BCUT2D eigenvalue weighted by Gasteiger charge is -2.38. The fourth-order valence-electron chi connectivity index (χ4n) is 2.50. The van der Waals surface area contributed by atoms with E-state index in [-0.39, 0.29) is 11.5 Å². The van der Waals surface area contributed by atoms with Crippen LogP contribution in [0.3, 0.4) is 0 Å². The first kappa shape index (κ1) is 15.9. The molecule has 1 atom stereocenters. The molecule has 0 aromatic rings. The fourth-order valence-corrected chi connectivity index (χ4v) is 3.40. The molecule has 0 aromatic heterocycles. The molecule has 108 valence electrons. The van der Waals surface area contributed by atoms with E-state index < -0.39 is 21.5 Å². The smallest absolute Gasteiger partial charge is 0.150 e.